The predicted octanol–water partition coefficient (Wildman–Crippen LogP) is 14.0. The lowest BCUT2D eigenvalue weighted by atomic mass is 9.91. The van der Waals surface area contributed by atoms with Crippen molar-refractivity contribution >= 4 is 27.6 Å². The number of rotatable bonds is 7. The van der Waals surface area contributed by atoms with Crippen LogP contribution in [0.25, 0.3) is 105 Å². The SMILES string of the molecule is [C-]#[N+]c1ccccc1-c1cccc(-c2ccc(-c3nc(-c4ccccc4)nc(-c4ccccc4)n3)c3oc4c(-c5ccccc5)cc(-c5ccccc5)cc4c23)c1. The Labute approximate surface area is 330 Å². The zero-order chi connectivity index (χ0) is 38.1. The highest BCUT2D eigenvalue weighted by Gasteiger charge is 2.23. The van der Waals surface area contributed by atoms with Crippen molar-refractivity contribution in [3.8, 4) is 78.7 Å². The summed E-state index contributed by atoms with van der Waals surface area (Å²) in [7, 11) is 0. The van der Waals surface area contributed by atoms with Gasteiger partial charge in [0, 0.05) is 27.5 Å². The highest BCUT2D eigenvalue weighted by molar-refractivity contribution is 6.19. The molecule has 0 atom stereocenters. The summed E-state index contributed by atoms with van der Waals surface area (Å²) in [5, 5.41) is 1.94. The van der Waals surface area contributed by atoms with Crippen LogP contribution in [0.4, 0.5) is 5.69 Å². The van der Waals surface area contributed by atoms with Gasteiger partial charge in [0.25, 0.3) is 0 Å². The average molecular weight is 729 g/mol. The molecule has 0 aliphatic heterocycles. The Kier molecular flexibility index (Phi) is 8.48. The van der Waals surface area contributed by atoms with Gasteiger partial charge in [0.05, 0.1) is 12.1 Å². The number of nitrogens with zero attached hydrogens (tertiary/aromatic N) is 4. The molecule has 10 rings (SSSR count). The molecule has 0 bridgehead atoms. The lowest BCUT2D eigenvalue weighted by Crippen LogP contribution is -2.00. The van der Waals surface area contributed by atoms with Gasteiger partial charge in [-0.2, -0.15) is 0 Å². The van der Waals surface area contributed by atoms with Gasteiger partial charge in [0.15, 0.2) is 23.2 Å². The molecule has 57 heavy (non-hydrogen) atoms. The number of furan rings is 1. The lowest BCUT2D eigenvalue weighted by molar-refractivity contribution is 0.670. The summed E-state index contributed by atoms with van der Waals surface area (Å²) in [5.74, 6) is 1.67. The normalized spacial score (nSPS) is 11.1. The van der Waals surface area contributed by atoms with Crippen LogP contribution < -0.4 is 0 Å². The quantitative estimate of drug-likeness (QED) is 0.153. The minimum atomic E-state index is 0.516. The fourth-order valence-corrected chi connectivity index (χ4v) is 7.63. The first kappa shape index (κ1) is 33.6. The summed E-state index contributed by atoms with van der Waals surface area (Å²) in [5.41, 5.74) is 12.7. The molecule has 0 amide bonds. The molecule has 0 saturated carbocycles. The Morgan fingerprint density at radius 3 is 1.49 bits per heavy atom. The molecule has 2 heterocycles. The van der Waals surface area contributed by atoms with E-state index in [4.69, 9.17) is 25.9 Å². The van der Waals surface area contributed by atoms with Gasteiger partial charge in [-0.15, -0.1) is 0 Å². The number of benzene rings is 8. The highest BCUT2D eigenvalue weighted by Crippen LogP contribution is 2.46. The highest BCUT2D eigenvalue weighted by atomic mass is 16.3. The maximum Gasteiger partial charge on any atom is 0.194 e. The van der Waals surface area contributed by atoms with Crippen molar-refractivity contribution in [1.29, 1.82) is 0 Å². The van der Waals surface area contributed by atoms with Crippen molar-refractivity contribution in [3.63, 3.8) is 0 Å². The minimum absolute atomic E-state index is 0.516. The van der Waals surface area contributed by atoms with Crippen LogP contribution in [0.15, 0.2) is 199 Å². The largest absolute Gasteiger partial charge is 0.455 e. The van der Waals surface area contributed by atoms with Crippen molar-refractivity contribution in [3.05, 3.63) is 206 Å². The maximum atomic E-state index is 7.85. The van der Waals surface area contributed by atoms with Crippen molar-refractivity contribution in [2.24, 2.45) is 0 Å². The smallest absolute Gasteiger partial charge is 0.194 e. The first-order valence-corrected chi connectivity index (χ1v) is 18.8. The van der Waals surface area contributed by atoms with E-state index in [-0.39, 0.29) is 0 Å². The summed E-state index contributed by atoms with van der Waals surface area (Å²) in [6, 6.07) is 65.7. The molecule has 266 valence electrons. The molecule has 5 heteroatoms. The van der Waals surface area contributed by atoms with Gasteiger partial charge in [-0.1, -0.05) is 170 Å². The van der Waals surface area contributed by atoms with E-state index in [1.807, 2.05) is 97.1 Å². The molecule has 0 fully saturated rings. The molecule has 0 unspecified atom stereocenters. The van der Waals surface area contributed by atoms with Crippen molar-refractivity contribution in [2.45, 2.75) is 0 Å². The van der Waals surface area contributed by atoms with Gasteiger partial charge < -0.3 is 4.42 Å². The Balaban J connectivity index is 1.30. The van der Waals surface area contributed by atoms with E-state index in [1.165, 1.54) is 0 Å². The molecule has 0 radical (unpaired) electrons. The Hall–Kier alpha value is -7.94. The fourth-order valence-electron chi connectivity index (χ4n) is 7.63. The van der Waals surface area contributed by atoms with E-state index < -0.39 is 0 Å². The minimum Gasteiger partial charge on any atom is -0.455 e. The molecular weight excluding hydrogens is 697 g/mol. The Bertz CT molecular complexity index is 3060. The van der Waals surface area contributed by atoms with Gasteiger partial charge in [-0.3, -0.25) is 0 Å². The maximum absolute atomic E-state index is 7.85. The summed E-state index contributed by atoms with van der Waals surface area (Å²) in [4.78, 5) is 19.1. The number of aromatic nitrogens is 3. The van der Waals surface area contributed by atoms with Gasteiger partial charge in [-0.05, 0) is 63.2 Å². The van der Waals surface area contributed by atoms with Gasteiger partial charge in [0.2, 0.25) is 0 Å². The topological polar surface area (TPSA) is 56.2 Å². The zero-order valence-corrected chi connectivity index (χ0v) is 30.7. The Morgan fingerprint density at radius 1 is 0.351 bits per heavy atom. The van der Waals surface area contributed by atoms with Crippen LogP contribution in [0.1, 0.15) is 0 Å². The van der Waals surface area contributed by atoms with Crippen LogP contribution in [-0.4, -0.2) is 15.0 Å². The van der Waals surface area contributed by atoms with E-state index in [9.17, 15) is 0 Å². The third kappa shape index (κ3) is 6.22. The van der Waals surface area contributed by atoms with Crippen LogP contribution in [0.3, 0.4) is 0 Å². The van der Waals surface area contributed by atoms with Gasteiger partial charge in [0.1, 0.15) is 11.2 Å². The molecular formula is C52H32N4O. The van der Waals surface area contributed by atoms with Crippen LogP contribution >= 0.6 is 0 Å². The van der Waals surface area contributed by atoms with Crippen LogP contribution in [0, 0.1) is 6.57 Å². The lowest BCUT2D eigenvalue weighted by Gasteiger charge is -2.12. The zero-order valence-electron chi connectivity index (χ0n) is 30.7. The molecule has 0 aliphatic rings. The second-order valence-electron chi connectivity index (χ2n) is 13.8. The average Bonchev–Trinajstić information content (AvgIpc) is 3.69. The summed E-state index contributed by atoms with van der Waals surface area (Å²) in [6.07, 6.45) is 0. The van der Waals surface area contributed by atoms with E-state index in [0.717, 1.165) is 77.6 Å². The first-order valence-electron chi connectivity index (χ1n) is 18.8. The molecule has 0 saturated heterocycles. The van der Waals surface area contributed by atoms with Crippen LogP contribution in [0.2, 0.25) is 0 Å². The first-order chi connectivity index (χ1) is 28.2. The number of fused-ring (bicyclic) bond motifs is 3. The van der Waals surface area contributed by atoms with Crippen LogP contribution in [-0.2, 0) is 0 Å². The Morgan fingerprint density at radius 2 is 0.860 bits per heavy atom. The number of para-hydroxylation sites is 1. The van der Waals surface area contributed by atoms with Crippen molar-refractivity contribution < 1.29 is 4.42 Å². The van der Waals surface area contributed by atoms with Crippen molar-refractivity contribution in [1.82, 2.24) is 15.0 Å². The molecule has 5 nitrogen and oxygen atoms in total. The van der Waals surface area contributed by atoms with E-state index >= 15 is 0 Å². The van der Waals surface area contributed by atoms with Gasteiger partial charge in [-0.25, -0.2) is 19.8 Å². The van der Waals surface area contributed by atoms with Crippen LogP contribution in [0.5, 0.6) is 0 Å². The molecule has 0 spiro atoms. The third-order valence-corrected chi connectivity index (χ3v) is 10.4. The van der Waals surface area contributed by atoms with E-state index in [2.05, 4.69) is 102 Å². The second kappa shape index (κ2) is 14.4. The monoisotopic (exact) mass is 728 g/mol. The molecule has 0 aliphatic carbocycles. The predicted molar refractivity (Wildman–Crippen MR) is 231 cm³/mol. The third-order valence-electron chi connectivity index (χ3n) is 10.4. The van der Waals surface area contributed by atoms with Crippen molar-refractivity contribution in [2.75, 3.05) is 0 Å². The fraction of sp³-hybridized carbons (Fsp3) is 0. The second-order valence-corrected chi connectivity index (χ2v) is 13.8. The molecule has 0 N–H and O–H groups in total. The summed E-state index contributed by atoms with van der Waals surface area (Å²) in [6.45, 7) is 7.85. The number of hydrogen-bond acceptors (Lipinski definition) is 4. The molecule has 2 aromatic heterocycles. The number of hydrogen-bond donors (Lipinski definition) is 0. The molecule has 10 aromatic rings. The summed E-state index contributed by atoms with van der Waals surface area (Å²) >= 11 is 0. The van der Waals surface area contributed by atoms with E-state index in [0.29, 0.717) is 28.7 Å². The molecule has 8 aromatic carbocycles. The van der Waals surface area contributed by atoms with E-state index in [1.54, 1.807) is 0 Å². The standard InChI is InChI=1S/C52H32N4O/c1-53-46-28-15-14-27-41(46)38-25-16-26-39(31-38)42-29-30-43(52-55-50(36-21-10-4-11-22-36)54-51(56-52)37-23-12-5-13-24-37)49-47(42)45-33-40(34-17-6-2-7-18-34)32-44(48(45)57-49)35-19-8-3-9-20-35/h2-33H. The summed E-state index contributed by atoms with van der Waals surface area (Å²) < 4.78 is 7.18. The van der Waals surface area contributed by atoms with Gasteiger partial charge >= 0.3 is 0 Å².